The Morgan fingerprint density at radius 1 is 0.630 bits per heavy atom. The zero-order valence-corrected chi connectivity index (χ0v) is 26.2. The molecule has 0 aliphatic rings. The van der Waals surface area contributed by atoms with E-state index in [1.807, 2.05) is 0 Å². The van der Waals surface area contributed by atoms with Crippen molar-refractivity contribution in [2.45, 2.75) is 6.43 Å². The summed E-state index contributed by atoms with van der Waals surface area (Å²) in [6, 6.07) is 2.29. The van der Waals surface area contributed by atoms with E-state index in [4.69, 9.17) is 14.2 Å². The smallest absolute Gasteiger partial charge is 0.351 e. The van der Waals surface area contributed by atoms with Crippen LogP contribution in [0.3, 0.4) is 0 Å². The van der Waals surface area contributed by atoms with Crippen LogP contribution in [0.5, 0.6) is 17.5 Å². The molecule has 0 aliphatic carbocycles. The number of carbonyl (C=O) groups excluding carboxylic acids is 3. The van der Waals surface area contributed by atoms with Crippen LogP contribution in [0.1, 0.15) is 0 Å². The summed E-state index contributed by atoms with van der Waals surface area (Å²) in [4.78, 5) is 39.8. The SMILES string of the molecule is O=C(Oc1cc(OC(=O)C(Br)(Br)Br)nc(OC(=O)C(Br)(Br)Br)c1)C(Br)(Br)Br. The molecule has 27 heavy (non-hydrogen) atoms. The number of ether oxygens (including phenoxy) is 3. The first-order chi connectivity index (χ1) is 12.0. The minimum absolute atomic E-state index is 0.114. The van der Waals surface area contributed by atoms with E-state index in [-0.39, 0.29) is 17.5 Å². The van der Waals surface area contributed by atoms with Crippen molar-refractivity contribution in [3.8, 4) is 17.5 Å². The van der Waals surface area contributed by atoms with E-state index in [9.17, 15) is 14.4 Å². The lowest BCUT2D eigenvalue weighted by molar-refractivity contribution is -0.133. The molecule has 0 atom stereocenters. The molecular formula is C11H2Br9NO6. The molecule has 16 heteroatoms. The average Bonchev–Trinajstić information content (AvgIpc) is 2.43. The lowest BCUT2D eigenvalue weighted by Crippen LogP contribution is -2.26. The van der Waals surface area contributed by atoms with Gasteiger partial charge in [0.2, 0.25) is 18.2 Å². The van der Waals surface area contributed by atoms with E-state index >= 15 is 0 Å². The van der Waals surface area contributed by atoms with Gasteiger partial charge in [0.05, 0.1) is 0 Å². The standard InChI is InChI=1S/C11H2Br9NO6/c12-9(13,14)6(22)25-3-1-4(26-7(23)10(15,16)17)21-5(2-3)27-8(24)11(18,19)20/h1-2H. The predicted octanol–water partition coefficient (Wildman–Crippen LogP) is 6.31. The number of nitrogens with zero attached hydrogens (tertiary/aromatic N) is 1. The highest BCUT2D eigenvalue weighted by molar-refractivity contribution is 9.40. The summed E-state index contributed by atoms with van der Waals surface area (Å²) in [6.45, 7) is 0. The first kappa shape index (κ1) is 26.9. The van der Waals surface area contributed by atoms with Gasteiger partial charge >= 0.3 is 17.9 Å². The number of halogens is 9. The number of alkyl halides is 9. The van der Waals surface area contributed by atoms with E-state index in [0.717, 1.165) is 12.1 Å². The first-order valence-electron chi connectivity index (χ1n) is 5.89. The fraction of sp³-hybridized carbons (Fsp3) is 0.273. The van der Waals surface area contributed by atoms with Gasteiger partial charge in [0.25, 0.3) is 0 Å². The first-order valence-corrected chi connectivity index (χ1v) is 13.0. The summed E-state index contributed by atoms with van der Waals surface area (Å²) < 4.78 is 11.1. The van der Waals surface area contributed by atoms with Gasteiger partial charge in [-0.05, 0) is 143 Å². The summed E-state index contributed by atoms with van der Waals surface area (Å²) in [5.41, 5.74) is 0. The summed E-state index contributed by atoms with van der Waals surface area (Å²) in [7, 11) is 0. The Kier molecular flexibility index (Phi) is 10.4. The van der Waals surface area contributed by atoms with E-state index < -0.39 is 24.3 Å². The second-order valence-electron chi connectivity index (χ2n) is 4.14. The van der Waals surface area contributed by atoms with Crippen molar-refractivity contribution in [3.05, 3.63) is 12.1 Å². The van der Waals surface area contributed by atoms with Gasteiger partial charge in [0.15, 0.2) is 0 Å². The lowest BCUT2D eigenvalue weighted by Gasteiger charge is -2.15. The lowest BCUT2D eigenvalue weighted by atomic mass is 10.4. The highest BCUT2D eigenvalue weighted by atomic mass is 80.0. The van der Waals surface area contributed by atoms with Crippen molar-refractivity contribution in [1.82, 2.24) is 4.98 Å². The van der Waals surface area contributed by atoms with Gasteiger partial charge in [-0.15, -0.1) is 0 Å². The Labute approximate surface area is 227 Å². The van der Waals surface area contributed by atoms with Gasteiger partial charge in [-0.2, -0.15) is 4.98 Å². The molecule has 0 radical (unpaired) electrons. The largest absolute Gasteiger partial charge is 0.424 e. The number of hydrogen-bond donors (Lipinski definition) is 0. The van der Waals surface area contributed by atoms with E-state index in [1.54, 1.807) is 0 Å². The molecule has 1 heterocycles. The van der Waals surface area contributed by atoms with E-state index in [1.165, 1.54) is 0 Å². The highest BCUT2D eigenvalue weighted by Gasteiger charge is 2.35. The molecule has 1 aromatic heterocycles. The minimum atomic E-state index is -1.37. The quantitative estimate of drug-likeness (QED) is 0.259. The Balaban J connectivity index is 3.24. The second kappa shape index (κ2) is 10.5. The van der Waals surface area contributed by atoms with Crippen molar-refractivity contribution < 1.29 is 28.6 Å². The fourth-order valence-corrected chi connectivity index (χ4v) is 1.82. The molecular weight excluding hydrogens is 961 g/mol. The molecule has 150 valence electrons. The van der Waals surface area contributed by atoms with Gasteiger partial charge in [0, 0.05) is 12.1 Å². The zero-order valence-electron chi connectivity index (χ0n) is 12.0. The van der Waals surface area contributed by atoms with Crippen LogP contribution >= 0.6 is 143 Å². The van der Waals surface area contributed by atoms with Crippen LogP contribution in [0.15, 0.2) is 12.1 Å². The van der Waals surface area contributed by atoms with Crippen LogP contribution in [0.25, 0.3) is 0 Å². The third kappa shape index (κ3) is 9.70. The molecule has 7 nitrogen and oxygen atoms in total. The Morgan fingerprint density at radius 2 is 0.926 bits per heavy atom. The maximum Gasteiger partial charge on any atom is 0.351 e. The van der Waals surface area contributed by atoms with Crippen LogP contribution in [0, 0.1) is 0 Å². The number of rotatable bonds is 3. The van der Waals surface area contributed by atoms with Gasteiger partial charge < -0.3 is 14.2 Å². The van der Waals surface area contributed by atoms with Crippen LogP contribution in [0.2, 0.25) is 0 Å². The molecule has 1 rings (SSSR count). The minimum Gasteiger partial charge on any atom is -0.424 e. The molecule has 1 aromatic rings. The monoisotopic (exact) mass is 954 g/mol. The summed E-state index contributed by atoms with van der Waals surface area (Å²) >= 11 is 27.0. The van der Waals surface area contributed by atoms with Crippen molar-refractivity contribution >= 4 is 161 Å². The van der Waals surface area contributed by atoms with E-state index in [2.05, 4.69) is 148 Å². The molecule has 0 aliphatic heterocycles. The van der Waals surface area contributed by atoms with Crippen LogP contribution in [0.4, 0.5) is 0 Å². The Bertz CT molecular complexity index is 640. The summed E-state index contributed by atoms with van der Waals surface area (Å²) in [5.74, 6) is -3.18. The normalized spacial score (nSPS) is 12.3. The third-order valence-electron chi connectivity index (χ3n) is 2.05. The number of pyridine rings is 1. The average molecular weight is 963 g/mol. The predicted molar refractivity (Wildman–Crippen MR) is 130 cm³/mol. The second-order valence-corrected chi connectivity index (χ2v) is 24.4. The molecule has 0 bridgehead atoms. The van der Waals surface area contributed by atoms with Crippen LogP contribution < -0.4 is 14.2 Å². The molecule has 0 saturated heterocycles. The number of aromatic nitrogens is 1. The molecule has 0 spiro atoms. The topological polar surface area (TPSA) is 91.8 Å². The molecule has 0 amide bonds. The van der Waals surface area contributed by atoms with Crippen molar-refractivity contribution in [1.29, 1.82) is 0 Å². The Hall–Kier alpha value is 1.88. The van der Waals surface area contributed by atoms with Crippen LogP contribution in [-0.2, 0) is 14.4 Å². The Morgan fingerprint density at radius 3 is 1.22 bits per heavy atom. The maximum atomic E-state index is 12.0. The molecule has 0 saturated carbocycles. The number of esters is 3. The van der Waals surface area contributed by atoms with Crippen molar-refractivity contribution in [3.63, 3.8) is 0 Å². The number of carbonyl (C=O) groups is 3. The van der Waals surface area contributed by atoms with Gasteiger partial charge in [-0.3, -0.25) is 0 Å². The maximum absolute atomic E-state index is 12.0. The molecule has 0 unspecified atom stereocenters. The van der Waals surface area contributed by atoms with E-state index in [0.29, 0.717) is 0 Å². The van der Waals surface area contributed by atoms with Crippen LogP contribution in [-0.4, -0.2) is 29.3 Å². The fourth-order valence-electron chi connectivity index (χ4n) is 1.09. The summed E-state index contributed by atoms with van der Waals surface area (Å²) in [6.07, 6.45) is 0. The molecule has 0 N–H and O–H groups in total. The van der Waals surface area contributed by atoms with Crippen molar-refractivity contribution in [2.75, 3.05) is 0 Å². The zero-order chi connectivity index (χ0) is 21.2. The highest BCUT2D eigenvalue weighted by Crippen LogP contribution is 2.39. The third-order valence-corrected chi connectivity index (χ3v) is 4.96. The van der Waals surface area contributed by atoms with Gasteiger partial charge in [0.1, 0.15) is 5.75 Å². The van der Waals surface area contributed by atoms with Crippen molar-refractivity contribution in [2.24, 2.45) is 0 Å². The van der Waals surface area contributed by atoms with Gasteiger partial charge in [-0.1, -0.05) is 0 Å². The number of hydrogen-bond acceptors (Lipinski definition) is 7. The summed E-state index contributed by atoms with van der Waals surface area (Å²) in [5, 5.41) is 0. The molecule has 0 fully saturated rings. The van der Waals surface area contributed by atoms with Gasteiger partial charge in [-0.25, -0.2) is 14.4 Å². The molecule has 0 aromatic carbocycles.